The van der Waals surface area contributed by atoms with E-state index in [4.69, 9.17) is 20.9 Å². The Bertz CT molecular complexity index is 956. The van der Waals surface area contributed by atoms with Gasteiger partial charge in [0.25, 0.3) is 5.91 Å². The summed E-state index contributed by atoms with van der Waals surface area (Å²) in [6, 6.07) is 3.94. The SMILES string of the molecule is Cc1occc1-c1cc(N2CCNCC2)nc2sc(C(N)=O)c(N)c12. The Morgan fingerprint density at radius 3 is 2.76 bits per heavy atom. The number of anilines is 2. The second-order valence-electron chi connectivity index (χ2n) is 6.04. The number of amides is 1. The van der Waals surface area contributed by atoms with Crippen LogP contribution in [0.2, 0.25) is 0 Å². The first-order valence-electron chi connectivity index (χ1n) is 8.09. The number of pyridine rings is 1. The van der Waals surface area contributed by atoms with Gasteiger partial charge in [0.15, 0.2) is 0 Å². The Hall–Kier alpha value is -2.58. The molecule has 3 aromatic rings. The number of nitrogens with two attached hydrogens (primary N) is 2. The molecule has 0 radical (unpaired) electrons. The summed E-state index contributed by atoms with van der Waals surface area (Å²) in [5.74, 6) is 1.14. The molecular formula is C17H19N5O2S. The van der Waals surface area contributed by atoms with Crippen molar-refractivity contribution in [1.82, 2.24) is 10.3 Å². The van der Waals surface area contributed by atoms with Crippen molar-refractivity contribution in [2.45, 2.75) is 6.92 Å². The molecule has 1 aliphatic rings. The maximum absolute atomic E-state index is 11.7. The van der Waals surface area contributed by atoms with Crippen molar-refractivity contribution in [1.29, 1.82) is 0 Å². The van der Waals surface area contributed by atoms with Crippen molar-refractivity contribution in [2.75, 3.05) is 36.8 Å². The van der Waals surface area contributed by atoms with Gasteiger partial charge in [-0.05, 0) is 19.1 Å². The lowest BCUT2D eigenvalue weighted by molar-refractivity contribution is 0.100. The lowest BCUT2D eigenvalue weighted by Crippen LogP contribution is -2.43. The first-order chi connectivity index (χ1) is 12.1. The van der Waals surface area contributed by atoms with Gasteiger partial charge >= 0.3 is 0 Å². The molecule has 1 amide bonds. The highest BCUT2D eigenvalue weighted by atomic mass is 32.1. The van der Waals surface area contributed by atoms with Crippen LogP contribution in [0, 0.1) is 6.92 Å². The van der Waals surface area contributed by atoms with Crippen LogP contribution in [0.4, 0.5) is 11.5 Å². The maximum Gasteiger partial charge on any atom is 0.260 e. The van der Waals surface area contributed by atoms with Gasteiger partial charge in [0.05, 0.1) is 12.0 Å². The van der Waals surface area contributed by atoms with Crippen molar-refractivity contribution in [3.63, 3.8) is 0 Å². The second-order valence-corrected chi connectivity index (χ2v) is 7.04. The lowest BCUT2D eigenvalue weighted by atomic mass is 10.0. The molecular weight excluding hydrogens is 338 g/mol. The minimum Gasteiger partial charge on any atom is -0.469 e. The summed E-state index contributed by atoms with van der Waals surface area (Å²) in [5, 5.41) is 4.10. The van der Waals surface area contributed by atoms with E-state index in [1.165, 1.54) is 11.3 Å². The number of primary amides is 1. The molecule has 0 aromatic carbocycles. The Morgan fingerprint density at radius 2 is 2.12 bits per heavy atom. The van der Waals surface area contributed by atoms with Crippen LogP contribution in [-0.2, 0) is 0 Å². The highest BCUT2D eigenvalue weighted by Crippen LogP contribution is 2.42. The van der Waals surface area contributed by atoms with Gasteiger partial charge in [0.1, 0.15) is 21.3 Å². The third-order valence-corrected chi connectivity index (χ3v) is 5.61. The number of carbonyl (C=O) groups is 1. The molecule has 0 aliphatic carbocycles. The van der Waals surface area contributed by atoms with E-state index < -0.39 is 5.91 Å². The molecule has 0 saturated carbocycles. The number of nitrogen functional groups attached to an aromatic ring is 1. The normalized spacial score (nSPS) is 15.0. The molecule has 5 N–H and O–H groups in total. The fraction of sp³-hybridized carbons (Fsp3) is 0.294. The molecule has 0 unspecified atom stereocenters. The van der Waals surface area contributed by atoms with Gasteiger partial charge in [-0.2, -0.15) is 0 Å². The van der Waals surface area contributed by atoms with Gasteiger partial charge in [-0.25, -0.2) is 4.98 Å². The van der Waals surface area contributed by atoms with Gasteiger partial charge in [-0.3, -0.25) is 4.79 Å². The molecule has 0 bridgehead atoms. The topological polar surface area (TPSA) is 110 Å². The molecule has 1 saturated heterocycles. The number of fused-ring (bicyclic) bond motifs is 1. The van der Waals surface area contributed by atoms with Crippen molar-refractivity contribution < 1.29 is 9.21 Å². The number of piperazine rings is 1. The Morgan fingerprint density at radius 1 is 1.36 bits per heavy atom. The van der Waals surface area contributed by atoms with E-state index >= 15 is 0 Å². The number of thiophene rings is 1. The summed E-state index contributed by atoms with van der Waals surface area (Å²) in [4.78, 5) is 19.8. The molecule has 1 aliphatic heterocycles. The molecule has 3 aromatic heterocycles. The summed E-state index contributed by atoms with van der Waals surface area (Å²) in [5.41, 5.74) is 14.0. The average molecular weight is 357 g/mol. The summed E-state index contributed by atoms with van der Waals surface area (Å²) < 4.78 is 5.47. The number of aryl methyl sites for hydroxylation is 1. The van der Waals surface area contributed by atoms with E-state index in [0.717, 1.165) is 59.1 Å². The predicted octanol–water partition coefficient (Wildman–Crippen LogP) is 1.96. The van der Waals surface area contributed by atoms with E-state index in [-0.39, 0.29) is 0 Å². The smallest absolute Gasteiger partial charge is 0.260 e. The first-order valence-corrected chi connectivity index (χ1v) is 8.91. The van der Waals surface area contributed by atoms with Gasteiger partial charge in [0.2, 0.25) is 0 Å². The Kier molecular flexibility index (Phi) is 3.85. The molecule has 8 heteroatoms. The summed E-state index contributed by atoms with van der Waals surface area (Å²) in [6.07, 6.45) is 1.65. The van der Waals surface area contributed by atoms with Crippen LogP contribution in [0.5, 0.6) is 0 Å². The molecule has 0 spiro atoms. The van der Waals surface area contributed by atoms with Crippen LogP contribution in [0.3, 0.4) is 0 Å². The lowest BCUT2D eigenvalue weighted by Gasteiger charge is -2.28. The Balaban J connectivity index is 1.98. The number of aromatic nitrogens is 1. The third-order valence-electron chi connectivity index (χ3n) is 4.50. The molecule has 4 heterocycles. The number of nitrogens with one attached hydrogen (secondary N) is 1. The van der Waals surface area contributed by atoms with Crippen LogP contribution < -0.4 is 21.7 Å². The molecule has 0 atom stereocenters. The van der Waals surface area contributed by atoms with E-state index in [1.807, 2.05) is 19.1 Å². The van der Waals surface area contributed by atoms with E-state index in [1.54, 1.807) is 6.26 Å². The number of hydrogen-bond acceptors (Lipinski definition) is 7. The van der Waals surface area contributed by atoms with E-state index in [2.05, 4.69) is 10.2 Å². The van der Waals surface area contributed by atoms with Crippen molar-refractivity contribution >= 4 is 39.0 Å². The standard InChI is InChI=1S/C17H19N5O2S/c1-9-10(2-7-24-9)11-8-12(22-5-3-20-4-6-22)21-17-13(11)14(18)15(25-17)16(19)23/h2,7-8,20H,3-6,18H2,1H3,(H2,19,23). The zero-order valence-electron chi connectivity index (χ0n) is 13.8. The zero-order chi connectivity index (χ0) is 17.6. The number of hydrogen-bond donors (Lipinski definition) is 3. The number of nitrogens with zero attached hydrogens (tertiary/aromatic N) is 2. The highest BCUT2D eigenvalue weighted by molar-refractivity contribution is 7.21. The number of rotatable bonds is 3. The largest absolute Gasteiger partial charge is 0.469 e. The number of carbonyl (C=O) groups excluding carboxylic acids is 1. The maximum atomic E-state index is 11.7. The molecule has 7 nitrogen and oxygen atoms in total. The van der Waals surface area contributed by atoms with Crippen LogP contribution >= 0.6 is 11.3 Å². The van der Waals surface area contributed by atoms with Crippen molar-refractivity contribution in [3.05, 3.63) is 29.0 Å². The quantitative estimate of drug-likeness (QED) is 0.661. The van der Waals surface area contributed by atoms with Crippen LogP contribution in [0.15, 0.2) is 22.8 Å². The number of furan rings is 1. The van der Waals surface area contributed by atoms with Gasteiger partial charge in [0, 0.05) is 42.7 Å². The van der Waals surface area contributed by atoms with E-state index in [0.29, 0.717) is 10.6 Å². The minimum atomic E-state index is -0.529. The van der Waals surface area contributed by atoms with Crippen LogP contribution in [0.25, 0.3) is 21.3 Å². The van der Waals surface area contributed by atoms with E-state index in [9.17, 15) is 4.79 Å². The second kappa shape index (κ2) is 6.05. The Labute approximate surface area is 148 Å². The van der Waals surface area contributed by atoms with Gasteiger partial charge in [-0.1, -0.05) is 0 Å². The predicted molar refractivity (Wildman–Crippen MR) is 100 cm³/mol. The zero-order valence-corrected chi connectivity index (χ0v) is 14.7. The van der Waals surface area contributed by atoms with Gasteiger partial charge in [-0.15, -0.1) is 11.3 Å². The molecule has 4 rings (SSSR count). The summed E-state index contributed by atoms with van der Waals surface area (Å²) in [6.45, 7) is 5.50. The summed E-state index contributed by atoms with van der Waals surface area (Å²) >= 11 is 1.24. The summed E-state index contributed by atoms with van der Waals surface area (Å²) in [7, 11) is 0. The molecule has 25 heavy (non-hydrogen) atoms. The van der Waals surface area contributed by atoms with Crippen LogP contribution in [-0.4, -0.2) is 37.1 Å². The third kappa shape index (κ3) is 2.63. The van der Waals surface area contributed by atoms with Gasteiger partial charge < -0.3 is 26.1 Å². The molecule has 1 fully saturated rings. The monoisotopic (exact) mass is 357 g/mol. The minimum absolute atomic E-state index is 0.349. The first kappa shape index (κ1) is 15.9. The average Bonchev–Trinajstić information content (AvgIpc) is 3.18. The highest BCUT2D eigenvalue weighted by Gasteiger charge is 2.23. The molecule has 130 valence electrons. The van der Waals surface area contributed by atoms with Crippen molar-refractivity contribution in [2.24, 2.45) is 5.73 Å². The fourth-order valence-electron chi connectivity index (χ4n) is 3.22. The fourth-order valence-corrected chi connectivity index (χ4v) is 4.19. The van der Waals surface area contributed by atoms with Crippen molar-refractivity contribution in [3.8, 4) is 11.1 Å². The van der Waals surface area contributed by atoms with Crippen LogP contribution in [0.1, 0.15) is 15.4 Å².